The van der Waals surface area contributed by atoms with E-state index in [4.69, 9.17) is 16.3 Å². The normalized spacial score (nSPS) is 10.2. The van der Waals surface area contributed by atoms with Gasteiger partial charge in [-0.05, 0) is 42.0 Å². The summed E-state index contributed by atoms with van der Waals surface area (Å²) in [6, 6.07) is 13.7. The van der Waals surface area contributed by atoms with Gasteiger partial charge in [-0.15, -0.1) is 0 Å². The Hall–Kier alpha value is -3.45. The number of benzene rings is 2. The van der Waals surface area contributed by atoms with E-state index in [1.807, 2.05) is 12.1 Å². The Kier molecular flexibility index (Phi) is 6.18. The number of aromatic nitrogens is 2. The molecule has 28 heavy (non-hydrogen) atoms. The van der Waals surface area contributed by atoms with Crippen LogP contribution in [0, 0.1) is 0 Å². The first kappa shape index (κ1) is 19.3. The Bertz CT molecular complexity index is 976. The Labute approximate surface area is 166 Å². The van der Waals surface area contributed by atoms with E-state index in [0.29, 0.717) is 22.9 Å². The number of carbonyl (C=O) groups is 2. The molecule has 0 spiro atoms. The van der Waals surface area contributed by atoms with Crippen molar-refractivity contribution >= 4 is 29.2 Å². The van der Waals surface area contributed by atoms with E-state index in [1.165, 1.54) is 12.4 Å². The number of carbonyl (C=O) groups excluding carboxylic acids is 2. The summed E-state index contributed by atoms with van der Waals surface area (Å²) in [6.45, 7) is 0.290. The topological polar surface area (TPSA) is 93.2 Å². The molecule has 2 amide bonds. The van der Waals surface area contributed by atoms with Crippen molar-refractivity contribution in [2.75, 3.05) is 12.4 Å². The average molecular weight is 397 g/mol. The monoisotopic (exact) mass is 396 g/mol. The third kappa shape index (κ3) is 4.83. The summed E-state index contributed by atoms with van der Waals surface area (Å²) in [7, 11) is 1.55. The molecule has 2 aromatic carbocycles. The number of ether oxygens (including phenoxy) is 1. The zero-order chi connectivity index (χ0) is 19.9. The maximum absolute atomic E-state index is 12.5. The molecule has 142 valence electrons. The largest absolute Gasteiger partial charge is 0.497 e. The Morgan fingerprint density at radius 2 is 1.64 bits per heavy atom. The van der Waals surface area contributed by atoms with Crippen LogP contribution in [0.1, 0.15) is 26.4 Å². The lowest BCUT2D eigenvalue weighted by Crippen LogP contribution is -2.26. The Balaban J connectivity index is 1.70. The number of hydrogen-bond acceptors (Lipinski definition) is 5. The van der Waals surface area contributed by atoms with Gasteiger partial charge < -0.3 is 15.4 Å². The summed E-state index contributed by atoms with van der Waals surface area (Å²) in [4.78, 5) is 33.1. The fraction of sp³-hybridized carbons (Fsp3) is 0.100. The fourth-order valence-electron chi connectivity index (χ4n) is 2.39. The van der Waals surface area contributed by atoms with E-state index in [1.54, 1.807) is 43.5 Å². The maximum Gasteiger partial charge on any atom is 0.274 e. The second kappa shape index (κ2) is 8.96. The standard InChI is InChI=1S/C20H17ClN4O3/c1-28-16-8-4-14(5-9-16)19(26)25-18-17(22-10-11-23-18)20(27)24-12-13-2-6-15(21)7-3-13/h2-11H,12H2,1H3,(H,24,27)(H,23,25,26). The third-order valence-electron chi connectivity index (χ3n) is 3.86. The van der Waals surface area contributed by atoms with Crippen molar-refractivity contribution in [1.82, 2.24) is 15.3 Å². The van der Waals surface area contributed by atoms with Gasteiger partial charge in [0.1, 0.15) is 5.75 Å². The number of amides is 2. The lowest BCUT2D eigenvalue weighted by Gasteiger charge is -2.10. The molecule has 7 nitrogen and oxygen atoms in total. The smallest absolute Gasteiger partial charge is 0.274 e. The highest BCUT2D eigenvalue weighted by Crippen LogP contribution is 2.15. The molecule has 0 saturated heterocycles. The van der Waals surface area contributed by atoms with Crippen LogP contribution in [0.2, 0.25) is 5.02 Å². The number of nitrogens with one attached hydrogen (secondary N) is 2. The van der Waals surface area contributed by atoms with Crippen molar-refractivity contribution in [3.63, 3.8) is 0 Å². The first-order chi connectivity index (χ1) is 13.6. The third-order valence-corrected chi connectivity index (χ3v) is 4.12. The van der Waals surface area contributed by atoms with Crippen LogP contribution < -0.4 is 15.4 Å². The minimum absolute atomic E-state index is 0.0262. The summed E-state index contributed by atoms with van der Waals surface area (Å²) in [5, 5.41) is 5.99. The highest BCUT2D eigenvalue weighted by Gasteiger charge is 2.17. The molecule has 0 fully saturated rings. The molecule has 3 rings (SSSR count). The van der Waals surface area contributed by atoms with E-state index in [2.05, 4.69) is 20.6 Å². The van der Waals surface area contributed by atoms with E-state index < -0.39 is 11.8 Å². The van der Waals surface area contributed by atoms with Crippen molar-refractivity contribution < 1.29 is 14.3 Å². The van der Waals surface area contributed by atoms with Gasteiger partial charge in [0.2, 0.25) is 0 Å². The van der Waals surface area contributed by atoms with Gasteiger partial charge >= 0.3 is 0 Å². The van der Waals surface area contributed by atoms with Crippen LogP contribution in [0.5, 0.6) is 5.75 Å². The average Bonchev–Trinajstić information content (AvgIpc) is 2.73. The van der Waals surface area contributed by atoms with Crippen molar-refractivity contribution in [2.45, 2.75) is 6.54 Å². The molecule has 8 heteroatoms. The van der Waals surface area contributed by atoms with Crippen molar-refractivity contribution in [2.24, 2.45) is 0 Å². The highest BCUT2D eigenvalue weighted by atomic mass is 35.5. The number of hydrogen-bond donors (Lipinski definition) is 2. The maximum atomic E-state index is 12.5. The van der Waals surface area contributed by atoms with Crippen LogP contribution in [-0.4, -0.2) is 28.9 Å². The molecule has 0 bridgehead atoms. The van der Waals surface area contributed by atoms with Crippen LogP contribution in [0.25, 0.3) is 0 Å². The number of halogens is 1. The van der Waals surface area contributed by atoms with Crippen LogP contribution >= 0.6 is 11.6 Å². The molecule has 0 unspecified atom stereocenters. The summed E-state index contributed by atoms with van der Waals surface area (Å²) < 4.78 is 5.07. The van der Waals surface area contributed by atoms with E-state index >= 15 is 0 Å². The predicted octanol–water partition coefficient (Wildman–Crippen LogP) is 3.32. The molecule has 2 N–H and O–H groups in total. The Morgan fingerprint density at radius 1 is 0.964 bits per heavy atom. The lowest BCUT2D eigenvalue weighted by molar-refractivity contribution is 0.0946. The lowest BCUT2D eigenvalue weighted by atomic mass is 10.2. The molecule has 0 aliphatic heterocycles. The van der Waals surface area contributed by atoms with Gasteiger partial charge in [-0.2, -0.15) is 0 Å². The predicted molar refractivity (Wildman–Crippen MR) is 106 cm³/mol. The molecule has 0 saturated carbocycles. The first-order valence-electron chi connectivity index (χ1n) is 8.36. The SMILES string of the molecule is COc1ccc(C(=O)Nc2nccnc2C(=O)NCc2ccc(Cl)cc2)cc1. The molecule has 0 radical (unpaired) electrons. The summed E-state index contributed by atoms with van der Waals surface area (Å²) in [5.41, 5.74) is 1.31. The van der Waals surface area contributed by atoms with Gasteiger partial charge in [0, 0.05) is 29.5 Å². The minimum Gasteiger partial charge on any atom is -0.497 e. The molecule has 0 aliphatic carbocycles. The van der Waals surface area contributed by atoms with Gasteiger partial charge in [-0.1, -0.05) is 23.7 Å². The zero-order valence-electron chi connectivity index (χ0n) is 15.0. The van der Waals surface area contributed by atoms with Crippen LogP contribution in [-0.2, 0) is 6.54 Å². The number of methoxy groups -OCH3 is 1. The van der Waals surface area contributed by atoms with Gasteiger partial charge in [0.05, 0.1) is 7.11 Å². The fourth-order valence-corrected chi connectivity index (χ4v) is 2.51. The summed E-state index contributed by atoms with van der Waals surface area (Å²) in [6.07, 6.45) is 2.79. The van der Waals surface area contributed by atoms with Crippen molar-refractivity contribution in [1.29, 1.82) is 0 Å². The second-order valence-electron chi connectivity index (χ2n) is 5.75. The van der Waals surface area contributed by atoms with Crippen LogP contribution in [0.3, 0.4) is 0 Å². The zero-order valence-corrected chi connectivity index (χ0v) is 15.7. The van der Waals surface area contributed by atoms with E-state index in [0.717, 1.165) is 5.56 Å². The molecule has 0 atom stereocenters. The quantitative estimate of drug-likeness (QED) is 0.666. The van der Waals surface area contributed by atoms with E-state index in [9.17, 15) is 9.59 Å². The van der Waals surface area contributed by atoms with Gasteiger partial charge in [-0.3, -0.25) is 9.59 Å². The van der Waals surface area contributed by atoms with E-state index in [-0.39, 0.29) is 11.5 Å². The van der Waals surface area contributed by atoms with Crippen LogP contribution in [0.4, 0.5) is 5.82 Å². The van der Waals surface area contributed by atoms with Gasteiger partial charge in [0.25, 0.3) is 11.8 Å². The molecule has 0 aliphatic rings. The first-order valence-corrected chi connectivity index (χ1v) is 8.73. The van der Waals surface area contributed by atoms with Gasteiger partial charge in [-0.25, -0.2) is 9.97 Å². The highest BCUT2D eigenvalue weighted by molar-refractivity contribution is 6.30. The molecule has 1 heterocycles. The summed E-state index contributed by atoms with van der Waals surface area (Å²) in [5.74, 6) is -0.141. The van der Waals surface area contributed by atoms with Crippen LogP contribution in [0.15, 0.2) is 60.9 Å². The second-order valence-corrected chi connectivity index (χ2v) is 6.18. The summed E-state index contributed by atoms with van der Waals surface area (Å²) >= 11 is 5.85. The number of nitrogens with zero attached hydrogens (tertiary/aromatic N) is 2. The van der Waals surface area contributed by atoms with Crippen molar-refractivity contribution in [3.05, 3.63) is 82.8 Å². The number of anilines is 1. The molecular formula is C20H17ClN4O3. The Morgan fingerprint density at radius 3 is 2.32 bits per heavy atom. The molecule has 1 aromatic heterocycles. The number of rotatable bonds is 6. The van der Waals surface area contributed by atoms with Gasteiger partial charge in [0.15, 0.2) is 11.5 Å². The minimum atomic E-state index is -0.451. The molecule has 3 aromatic rings. The molecular weight excluding hydrogens is 380 g/mol. The van der Waals surface area contributed by atoms with Crippen molar-refractivity contribution in [3.8, 4) is 5.75 Å².